The molecule has 3 heteroatoms. The van der Waals surface area contributed by atoms with Crippen molar-refractivity contribution in [2.75, 3.05) is 0 Å². The summed E-state index contributed by atoms with van der Waals surface area (Å²) in [7, 11) is 0. The molecule has 1 aromatic heterocycles. The Hall–Kier alpha value is -2.42. The zero-order valence-electron chi connectivity index (χ0n) is 9.08. The largest absolute Gasteiger partial charge is 0.437 e. The highest BCUT2D eigenvalue weighted by Gasteiger charge is 2.00. The number of fused-ring (bicyclic) bond motifs is 1. The lowest BCUT2D eigenvalue weighted by Crippen LogP contribution is -1.59. The number of azo groups is 1. The van der Waals surface area contributed by atoms with Crippen LogP contribution in [0.2, 0.25) is 0 Å². The van der Waals surface area contributed by atoms with Gasteiger partial charge in [0.15, 0.2) is 0 Å². The smallest absolute Gasteiger partial charge is 0.239 e. The van der Waals surface area contributed by atoms with E-state index < -0.39 is 0 Å². The SMILES string of the molecule is c1ccc(N=Nc2cc3ccccc3o2)cc1. The van der Waals surface area contributed by atoms with Gasteiger partial charge in [-0.1, -0.05) is 36.4 Å². The predicted molar refractivity (Wildman–Crippen MR) is 66.8 cm³/mol. The first-order valence-electron chi connectivity index (χ1n) is 5.37. The summed E-state index contributed by atoms with van der Waals surface area (Å²) >= 11 is 0. The van der Waals surface area contributed by atoms with Crippen LogP contribution in [0.5, 0.6) is 0 Å². The number of furan rings is 1. The van der Waals surface area contributed by atoms with Crippen LogP contribution in [0.25, 0.3) is 11.0 Å². The number of nitrogens with zero attached hydrogens (tertiary/aromatic N) is 2. The van der Waals surface area contributed by atoms with Crippen molar-refractivity contribution in [3.8, 4) is 0 Å². The third-order valence-electron chi connectivity index (χ3n) is 2.43. The first kappa shape index (κ1) is 9.78. The summed E-state index contributed by atoms with van der Waals surface area (Å²) in [4.78, 5) is 0. The Kier molecular flexibility index (Phi) is 2.43. The van der Waals surface area contributed by atoms with Crippen molar-refractivity contribution in [3.05, 3.63) is 60.7 Å². The van der Waals surface area contributed by atoms with Gasteiger partial charge in [0.05, 0.1) is 5.69 Å². The molecule has 0 radical (unpaired) electrons. The molecule has 0 spiro atoms. The van der Waals surface area contributed by atoms with Crippen molar-refractivity contribution >= 4 is 22.5 Å². The highest BCUT2D eigenvalue weighted by Crippen LogP contribution is 2.26. The van der Waals surface area contributed by atoms with Crippen LogP contribution in [0, 0.1) is 0 Å². The zero-order chi connectivity index (χ0) is 11.5. The van der Waals surface area contributed by atoms with Crippen LogP contribution in [-0.4, -0.2) is 0 Å². The molecule has 1 heterocycles. The Morgan fingerprint density at radius 3 is 2.35 bits per heavy atom. The highest BCUT2D eigenvalue weighted by atomic mass is 16.3. The van der Waals surface area contributed by atoms with Gasteiger partial charge in [-0.25, -0.2) is 0 Å². The molecule has 17 heavy (non-hydrogen) atoms. The van der Waals surface area contributed by atoms with Crippen LogP contribution in [0.4, 0.5) is 11.6 Å². The van der Waals surface area contributed by atoms with E-state index in [0.29, 0.717) is 5.88 Å². The fourth-order valence-electron chi connectivity index (χ4n) is 1.62. The molecule has 0 aliphatic carbocycles. The number of hydrogen-bond acceptors (Lipinski definition) is 3. The van der Waals surface area contributed by atoms with Gasteiger partial charge in [0.1, 0.15) is 5.58 Å². The molecule has 0 amide bonds. The molecule has 0 fully saturated rings. The van der Waals surface area contributed by atoms with Crippen molar-refractivity contribution < 1.29 is 4.42 Å². The molecule has 0 atom stereocenters. The van der Waals surface area contributed by atoms with Crippen LogP contribution in [-0.2, 0) is 0 Å². The topological polar surface area (TPSA) is 37.9 Å². The van der Waals surface area contributed by atoms with E-state index in [1.807, 2.05) is 60.7 Å². The second kappa shape index (κ2) is 4.22. The minimum absolute atomic E-state index is 0.523. The molecule has 2 aromatic carbocycles. The molecule has 0 N–H and O–H groups in total. The van der Waals surface area contributed by atoms with Crippen molar-refractivity contribution in [2.24, 2.45) is 10.2 Å². The third kappa shape index (κ3) is 2.08. The van der Waals surface area contributed by atoms with Gasteiger partial charge in [-0.05, 0) is 18.2 Å². The van der Waals surface area contributed by atoms with Gasteiger partial charge in [-0.2, -0.15) is 0 Å². The Morgan fingerprint density at radius 2 is 1.53 bits per heavy atom. The average molecular weight is 222 g/mol. The molecule has 0 aliphatic rings. The lowest BCUT2D eigenvalue weighted by atomic mass is 10.3. The monoisotopic (exact) mass is 222 g/mol. The van der Waals surface area contributed by atoms with Gasteiger partial charge in [0, 0.05) is 11.5 Å². The molecule has 3 aromatic rings. The summed E-state index contributed by atoms with van der Waals surface area (Å²) < 4.78 is 5.53. The van der Waals surface area contributed by atoms with E-state index in [-0.39, 0.29) is 0 Å². The van der Waals surface area contributed by atoms with E-state index in [9.17, 15) is 0 Å². The molecule has 0 saturated heterocycles. The minimum Gasteiger partial charge on any atom is -0.437 e. The summed E-state index contributed by atoms with van der Waals surface area (Å²) in [5.74, 6) is 0.523. The lowest BCUT2D eigenvalue weighted by molar-refractivity contribution is 0.619. The molecule has 3 rings (SSSR count). The summed E-state index contributed by atoms with van der Waals surface area (Å²) in [5.41, 5.74) is 1.64. The van der Waals surface area contributed by atoms with E-state index >= 15 is 0 Å². The predicted octanol–water partition coefficient (Wildman–Crippen LogP) is 4.85. The number of benzene rings is 2. The van der Waals surface area contributed by atoms with Crippen molar-refractivity contribution in [1.82, 2.24) is 0 Å². The van der Waals surface area contributed by atoms with E-state index in [1.165, 1.54) is 0 Å². The maximum absolute atomic E-state index is 5.53. The fourth-order valence-corrected chi connectivity index (χ4v) is 1.62. The van der Waals surface area contributed by atoms with Gasteiger partial charge < -0.3 is 4.42 Å². The van der Waals surface area contributed by atoms with E-state index in [4.69, 9.17) is 4.42 Å². The Morgan fingerprint density at radius 1 is 0.765 bits per heavy atom. The molecule has 0 aliphatic heterocycles. The minimum atomic E-state index is 0.523. The van der Waals surface area contributed by atoms with Crippen LogP contribution >= 0.6 is 0 Å². The molecular weight excluding hydrogens is 212 g/mol. The molecular formula is C14H10N2O. The lowest BCUT2D eigenvalue weighted by Gasteiger charge is -1.88. The first-order valence-corrected chi connectivity index (χ1v) is 5.37. The number of hydrogen-bond donors (Lipinski definition) is 0. The van der Waals surface area contributed by atoms with Crippen LogP contribution in [0.1, 0.15) is 0 Å². The van der Waals surface area contributed by atoms with Crippen LogP contribution < -0.4 is 0 Å². The third-order valence-corrected chi connectivity index (χ3v) is 2.43. The Labute approximate surface area is 98.4 Å². The summed E-state index contributed by atoms with van der Waals surface area (Å²) in [6.07, 6.45) is 0. The summed E-state index contributed by atoms with van der Waals surface area (Å²) in [5, 5.41) is 9.21. The Bertz CT molecular complexity index is 623. The molecule has 0 unspecified atom stereocenters. The fraction of sp³-hybridized carbons (Fsp3) is 0. The van der Waals surface area contributed by atoms with Gasteiger partial charge >= 0.3 is 0 Å². The maximum Gasteiger partial charge on any atom is 0.239 e. The number of rotatable bonds is 2. The van der Waals surface area contributed by atoms with E-state index in [0.717, 1.165) is 16.7 Å². The zero-order valence-corrected chi connectivity index (χ0v) is 9.08. The molecule has 82 valence electrons. The second-order valence-electron chi connectivity index (χ2n) is 3.66. The van der Waals surface area contributed by atoms with Gasteiger partial charge in [0.25, 0.3) is 0 Å². The second-order valence-corrected chi connectivity index (χ2v) is 3.66. The van der Waals surface area contributed by atoms with Gasteiger partial charge in [0.2, 0.25) is 5.88 Å². The normalized spacial score (nSPS) is 11.3. The van der Waals surface area contributed by atoms with Crippen LogP contribution in [0.3, 0.4) is 0 Å². The van der Waals surface area contributed by atoms with Crippen molar-refractivity contribution in [1.29, 1.82) is 0 Å². The molecule has 0 saturated carbocycles. The van der Waals surface area contributed by atoms with Crippen molar-refractivity contribution in [2.45, 2.75) is 0 Å². The summed E-state index contributed by atoms with van der Waals surface area (Å²) in [6.45, 7) is 0. The molecule has 3 nitrogen and oxygen atoms in total. The van der Waals surface area contributed by atoms with Gasteiger partial charge in [-0.15, -0.1) is 10.2 Å². The van der Waals surface area contributed by atoms with Gasteiger partial charge in [-0.3, -0.25) is 0 Å². The standard InChI is InChI=1S/C14H10N2O/c1-2-7-12(8-3-1)15-16-14-10-11-6-4-5-9-13(11)17-14/h1-10H. The van der Waals surface area contributed by atoms with E-state index in [1.54, 1.807) is 0 Å². The average Bonchev–Trinajstić information content (AvgIpc) is 2.80. The van der Waals surface area contributed by atoms with Crippen LogP contribution in [0.15, 0.2) is 75.3 Å². The van der Waals surface area contributed by atoms with E-state index in [2.05, 4.69) is 10.2 Å². The highest BCUT2D eigenvalue weighted by molar-refractivity contribution is 5.79. The van der Waals surface area contributed by atoms with Crippen molar-refractivity contribution in [3.63, 3.8) is 0 Å². The number of para-hydroxylation sites is 1. The Balaban J connectivity index is 1.92. The maximum atomic E-state index is 5.53. The molecule has 0 bridgehead atoms. The quantitative estimate of drug-likeness (QED) is 0.571. The summed E-state index contributed by atoms with van der Waals surface area (Å²) in [6, 6.07) is 19.3. The first-order chi connectivity index (χ1) is 8.42.